The van der Waals surface area contributed by atoms with Crippen LogP contribution in [0.2, 0.25) is 5.15 Å². The molecule has 1 aliphatic carbocycles. The predicted octanol–water partition coefficient (Wildman–Crippen LogP) is 2.36. The summed E-state index contributed by atoms with van der Waals surface area (Å²) in [4.78, 5) is 19.7. The lowest BCUT2D eigenvalue weighted by Crippen LogP contribution is -2.27. The van der Waals surface area contributed by atoms with E-state index in [2.05, 4.69) is 9.97 Å². The van der Waals surface area contributed by atoms with E-state index in [1.54, 1.807) is 0 Å². The molecule has 1 aliphatic heterocycles. The van der Waals surface area contributed by atoms with Crippen LogP contribution in [0.3, 0.4) is 0 Å². The fraction of sp³-hybridized carbons (Fsp3) is 0.533. The second-order valence-corrected chi connectivity index (χ2v) is 6.65. The fourth-order valence-electron chi connectivity index (χ4n) is 3.61. The highest BCUT2D eigenvalue weighted by atomic mass is 35.5. The van der Waals surface area contributed by atoms with Gasteiger partial charge in [0.1, 0.15) is 29.5 Å². The van der Waals surface area contributed by atoms with Gasteiger partial charge in [-0.25, -0.2) is 9.97 Å². The molecule has 4 atom stereocenters. The summed E-state index contributed by atoms with van der Waals surface area (Å²) < 4.78 is 14.0. The van der Waals surface area contributed by atoms with E-state index in [9.17, 15) is 4.79 Å². The Balaban J connectivity index is 1.78. The molecule has 2 fully saturated rings. The van der Waals surface area contributed by atoms with E-state index in [0.717, 1.165) is 17.3 Å². The van der Waals surface area contributed by atoms with Crippen molar-refractivity contribution in [1.82, 2.24) is 14.5 Å². The van der Waals surface area contributed by atoms with Gasteiger partial charge in [-0.3, -0.25) is 0 Å². The molecule has 7 heteroatoms. The number of nitrogens with zero attached hydrogens (tertiary/aromatic N) is 3. The molecule has 2 aromatic heterocycles. The van der Waals surface area contributed by atoms with E-state index in [-0.39, 0.29) is 24.2 Å². The summed E-state index contributed by atoms with van der Waals surface area (Å²) in [5.41, 5.74) is 0.753. The van der Waals surface area contributed by atoms with Crippen molar-refractivity contribution in [2.45, 2.75) is 44.3 Å². The summed E-state index contributed by atoms with van der Waals surface area (Å²) >= 11 is 6.11. The van der Waals surface area contributed by atoms with E-state index >= 15 is 0 Å². The maximum absolute atomic E-state index is 11.4. The number of halogens is 1. The minimum absolute atomic E-state index is 0.00885. The number of aldehydes is 1. The Morgan fingerprint density at radius 3 is 2.91 bits per heavy atom. The first-order valence-electron chi connectivity index (χ1n) is 7.28. The first-order valence-corrected chi connectivity index (χ1v) is 7.66. The lowest BCUT2D eigenvalue weighted by Gasteiger charge is -2.23. The van der Waals surface area contributed by atoms with E-state index < -0.39 is 5.79 Å². The Morgan fingerprint density at radius 2 is 2.14 bits per heavy atom. The zero-order valence-corrected chi connectivity index (χ0v) is 13.0. The maximum Gasteiger partial charge on any atom is 0.163 e. The van der Waals surface area contributed by atoms with Crippen LogP contribution in [0.25, 0.3) is 11.0 Å². The molecular formula is C15H16ClN3O3. The highest BCUT2D eigenvalue weighted by Crippen LogP contribution is 2.47. The molecule has 1 saturated heterocycles. The number of fused-ring (bicyclic) bond motifs is 2. The van der Waals surface area contributed by atoms with Gasteiger partial charge in [0, 0.05) is 12.1 Å². The van der Waals surface area contributed by atoms with Gasteiger partial charge < -0.3 is 18.8 Å². The molecular weight excluding hydrogens is 306 g/mol. The van der Waals surface area contributed by atoms with Crippen LogP contribution < -0.4 is 0 Å². The molecule has 0 radical (unpaired) electrons. The van der Waals surface area contributed by atoms with Crippen molar-refractivity contribution in [3.8, 4) is 0 Å². The van der Waals surface area contributed by atoms with Gasteiger partial charge in [0.15, 0.2) is 5.79 Å². The monoisotopic (exact) mass is 321 g/mol. The molecule has 2 aromatic rings. The zero-order chi connectivity index (χ0) is 15.5. The molecule has 0 spiro atoms. The molecule has 116 valence electrons. The summed E-state index contributed by atoms with van der Waals surface area (Å²) in [7, 11) is 0. The van der Waals surface area contributed by atoms with Gasteiger partial charge in [-0.2, -0.15) is 0 Å². The molecule has 6 nitrogen and oxygen atoms in total. The van der Waals surface area contributed by atoms with Crippen LogP contribution in [0.1, 0.15) is 26.3 Å². The molecule has 0 amide bonds. The van der Waals surface area contributed by atoms with Gasteiger partial charge in [0.2, 0.25) is 0 Å². The summed E-state index contributed by atoms with van der Waals surface area (Å²) in [5.74, 6) is -0.850. The highest BCUT2D eigenvalue weighted by molar-refractivity contribution is 6.33. The number of aromatic nitrogens is 3. The number of ether oxygens (including phenoxy) is 2. The van der Waals surface area contributed by atoms with Crippen LogP contribution in [0.15, 0.2) is 18.6 Å². The van der Waals surface area contributed by atoms with Crippen molar-refractivity contribution in [3.05, 3.63) is 23.7 Å². The Bertz CT molecular complexity index is 745. The summed E-state index contributed by atoms with van der Waals surface area (Å²) in [6.07, 6.45) is 4.62. The lowest BCUT2D eigenvalue weighted by atomic mass is 10.1. The van der Waals surface area contributed by atoms with Gasteiger partial charge in [0.25, 0.3) is 0 Å². The molecule has 3 heterocycles. The third kappa shape index (κ3) is 1.98. The van der Waals surface area contributed by atoms with Crippen molar-refractivity contribution in [2.24, 2.45) is 5.92 Å². The molecule has 0 bridgehead atoms. The molecule has 4 rings (SSSR count). The Hall–Kier alpha value is -1.50. The van der Waals surface area contributed by atoms with Crippen LogP contribution in [0.4, 0.5) is 0 Å². The van der Waals surface area contributed by atoms with Crippen molar-refractivity contribution < 1.29 is 14.3 Å². The number of carbonyl (C=O) groups is 1. The SMILES string of the molecule is CC1(C)OC2C(C=O)CC(n3ccc4c(Cl)ncnc43)C2O1. The second-order valence-electron chi connectivity index (χ2n) is 6.29. The third-order valence-electron chi connectivity index (χ3n) is 4.47. The average Bonchev–Trinajstić information content (AvgIpc) is 3.10. The van der Waals surface area contributed by atoms with Crippen LogP contribution in [-0.4, -0.2) is 38.8 Å². The Morgan fingerprint density at radius 1 is 1.36 bits per heavy atom. The standard InChI is InChI=1S/C15H16ClN3O3/c1-15(2)21-11-8(6-20)5-10(12(11)22-15)19-4-3-9-13(16)17-7-18-14(9)19/h3-4,6-8,10-12H,5H2,1-2H3. The second kappa shape index (κ2) is 4.75. The normalized spacial score (nSPS) is 33.2. The lowest BCUT2D eigenvalue weighted by molar-refractivity contribution is -0.160. The van der Waals surface area contributed by atoms with Crippen molar-refractivity contribution >= 4 is 28.9 Å². The molecule has 1 saturated carbocycles. The number of hydrogen-bond donors (Lipinski definition) is 0. The third-order valence-corrected chi connectivity index (χ3v) is 4.77. The average molecular weight is 322 g/mol. The topological polar surface area (TPSA) is 66.2 Å². The molecule has 0 aromatic carbocycles. The van der Waals surface area contributed by atoms with E-state index in [0.29, 0.717) is 11.6 Å². The Kier molecular flexibility index (Phi) is 3.04. The largest absolute Gasteiger partial charge is 0.344 e. The van der Waals surface area contributed by atoms with Gasteiger partial charge in [0.05, 0.1) is 17.5 Å². The van der Waals surface area contributed by atoms with Crippen LogP contribution >= 0.6 is 11.6 Å². The number of hydrogen-bond acceptors (Lipinski definition) is 5. The quantitative estimate of drug-likeness (QED) is 0.627. The molecule has 2 aliphatic rings. The van der Waals surface area contributed by atoms with E-state index in [1.165, 1.54) is 6.33 Å². The van der Waals surface area contributed by atoms with Gasteiger partial charge >= 0.3 is 0 Å². The summed E-state index contributed by atoms with van der Waals surface area (Å²) in [6, 6.07) is 1.88. The minimum atomic E-state index is -0.676. The Labute approximate surface area is 132 Å². The first-order chi connectivity index (χ1) is 10.5. The van der Waals surface area contributed by atoms with Crippen molar-refractivity contribution in [2.75, 3.05) is 0 Å². The smallest absolute Gasteiger partial charge is 0.163 e. The molecule has 0 N–H and O–H groups in total. The van der Waals surface area contributed by atoms with Gasteiger partial charge in [-0.1, -0.05) is 11.6 Å². The van der Waals surface area contributed by atoms with Crippen molar-refractivity contribution in [3.63, 3.8) is 0 Å². The summed E-state index contributed by atoms with van der Waals surface area (Å²) in [6.45, 7) is 3.74. The van der Waals surface area contributed by atoms with Gasteiger partial charge in [-0.15, -0.1) is 0 Å². The van der Waals surface area contributed by atoms with Crippen LogP contribution in [0, 0.1) is 5.92 Å². The van der Waals surface area contributed by atoms with Gasteiger partial charge in [-0.05, 0) is 26.3 Å². The van der Waals surface area contributed by atoms with Crippen molar-refractivity contribution in [1.29, 1.82) is 0 Å². The summed E-state index contributed by atoms with van der Waals surface area (Å²) in [5, 5.41) is 1.22. The highest BCUT2D eigenvalue weighted by Gasteiger charge is 2.54. The van der Waals surface area contributed by atoms with Crippen LogP contribution in [0.5, 0.6) is 0 Å². The molecule has 22 heavy (non-hydrogen) atoms. The fourth-order valence-corrected chi connectivity index (χ4v) is 3.80. The maximum atomic E-state index is 11.4. The molecule has 4 unspecified atom stereocenters. The number of rotatable bonds is 2. The predicted molar refractivity (Wildman–Crippen MR) is 79.6 cm³/mol. The number of carbonyl (C=O) groups excluding carboxylic acids is 1. The zero-order valence-electron chi connectivity index (χ0n) is 12.3. The van der Waals surface area contributed by atoms with E-state index in [1.807, 2.05) is 30.7 Å². The van der Waals surface area contributed by atoms with E-state index in [4.69, 9.17) is 21.1 Å². The van der Waals surface area contributed by atoms with Crippen LogP contribution in [-0.2, 0) is 14.3 Å². The first kappa shape index (κ1) is 14.1. The minimum Gasteiger partial charge on any atom is -0.344 e.